The van der Waals surface area contributed by atoms with Crippen molar-refractivity contribution >= 4 is 34.6 Å². The first-order chi connectivity index (χ1) is 12.5. The van der Waals surface area contributed by atoms with Crippen molar-refractivity contribution < 1.29 is 4.92 Å². The first kappa shape index (κ1) is 16.4. The minimum Gasteiger partial charge on any atom is -0.378 e. The number of halogens is 2. The van der Waals surface area contributed by atoms with Crippen LogP contribution in [0.2, 0.25) is 10.0 Å². The van der Waals surface area contributed by atoms with Crippen LogP contribution in [0.3, 0.4) is 0 Å². The number of nitrogens with zero attached hydrogens (tertiary/aromatic N) is 1. The van der Waals surface area contributed by atoms with E-state index in [-0.39, 0.29) is 16.7 Å². The largest absolute Gasteiger partial charge is 0.378 e. The van der Waals surface area contributed by atoms with Gasteiger partial charge in [0, 0.05) is 27.9 Å². The van der Waals surface area contributed by atoms with Crippen molar-refractivity contribution in [2.45, 2.75) is 31.2 Å². The Morgan fingerprint density at radius 1 is 1.04 bits per heavy atom. The summed E-state index contributed by atoms with van der Waals surface area (Å²) in [6.45, 7) is 0. The van der Waals surface area contributed by atoms with Crippen molar-refractivity contribution in [2.24, 2.45) is 17.8 Å². The van der Waals surface area contributed by atoms with Gasteiger partial charge in [-0.25, -0.2) is 0 Å². The summed E-state index contributed by atoms with van der Waals surface area (Å²) in [5, 5.41) is 16.2. The van der Waals surface area contributed by atoms with Crippen LogP contribution in [0, 0.1) is 27.9 Å². The lowest BCUT2D eigenvalue weighted by atomic mass is 9.68. The minimum atomic E-state index is -0.301. The minimum absolute atomic E-state index is 0.119. The first-order valence-electron chi connectivity index (χ1n) is 9.03. The summed E-state index contributed by atoms with van der Waals surface area (Å²) >= 11 is 12.6. The lowest BCUT2D eigenvalue weighted by Crippen LogP contribution is -2.35. The molecule has 2 aromatic carbocycles. The Kier molecular flexibility index (Phi) is 3.70. The van der Waals surface area contributed by atoms with Crippen LogP contribution in [0.5, 0.6) is 0 Å². The van der Waals surface area contributed by atoms with Crippen LogP contribution in [0.4, 0.5) is 11.4 Å². The van der Waals surface area contributed by atoms with Gasteiger partial charge >= 0.3 is 0 Å². The Morgan fingerprint density at radius 2 is 1.85 bits per heavy atom. The number of hydrogen-bond donors (Lipinski definition) is 1. The van der Waals surface area contributed by atoms with Crippen LogP contribution >= 0.6 is 23.2 Å². The van der Waals surface area contributed by atoms with E-state index in [1.165, 1.54) is 19.3 Å². The molecule has 5 atom stereocenters. The maximum atomic E-state index is 11.3. The molecule has 0 amide bonds. The topological polar surface area (TPSA) is 55.2 Å². The zero-order valence-corrected chi connectivity index (χ0v) is 15.5. The van der Waals surface area contributed by atoms with Gasteiger partial charge in [0.05, 0.1) is 11.0 Å². The summed E-state index contributed by atoms with van der Waals surface area (Å²) in [5.41, 5.74) is 3.36. The molecule has 26 heavy (non-hydrogen) atoms. The van der Waals surface area contributed by atoms with Gasteiger partial charge in [-0.05, 0) is 72.3 Å². The quantitative estimate of drug-likeness (QED) is 0.492. The highest BCUT2D eigenvalue weighted by Gasteiger charge is 2.54. The average molecular weight is 389 g/mol. The number of nitro benzene ring substituents is 1. The highest BCUT2D eigenvalue weighted by Crippen LogP contribution is 2.64. The Morgan fingerprint density at radius 3 is 2.62 bits per heavy atom. The second-order valence-corrected chi connectivity index (χ2v) is 8.60. The number of anilines is 1. The zero-order chi connectivity index (χ0) is 18.0. The van der Waals surface area contributed by atoms with E-state index in [4.69, 9.17) is 23.2 Å². The maximum Gasteiger partial charge on any atom is 0.269 e. The molecular formula is C20H18Cl2N2O2. The molecule has 0 spiro atoms. The number of benzene rings is 2. The molecule has 2 aromatic rings. The van der Waals surface area contributed by atoms with Crippen molar-refractivity contribution in [3.63, 3.8) is 0 Å². The SMILES string of the molecule is O=[N+]([O-])c1ccc2c(c1)[C@@H]1[C@H]3CC[C@@H](C3)[C@H]1[C@H](c1ccc(Cl)cc1Cl)N2. The van der Waals surface area contributed by atoms with Gasteiger partial charge in [0.2, 0.25) is 0 Å². The van der Waals surface area contributed by atoms with E-state index in [1.54, 1.807) is 18.2 Å². The average Bonchev–Trinajstić information content (AvgIpc) is 3.23. The molecule has 2 saturated carbocycles. The molecule has 0 aromatic heterocycles. The van der Waals surface area contributed by atoms with Gasteiger partial charge in [-0.1, -0.05) is 29.3 Å². The number of rotatable bonds is 2. The van der Waals surface area contributed by atoms with E-state index >= 15 is 0 Å². The van der Waals surface area contributed by atoms with Crippen LogP contribution < -0.4 is 5.32 Å². The molecule has 2 aliphatic carbocycles. The Hall–Kier alpha value is -1.78. The third-order valence-corrected chi connectivity index (χ3v) is 7.14. The fourth-order valence-electron chi connectivity index (χ4n) is 5.65. The second kappa shape index (κ2) is 5.86. The number of fused-ring (bicyclic) bond motifs is 7. The monoisotopic (exact) mass is 388 g/mol. The van der Waals surface area contributed by atoms with Gasteiger partial charge in [-0.3, -0.25) is 10.1 Å². The zero-order valence-electron chi connectivity index (χ0n) is 14.0. The second-order valence-electron chi connectivity index (χ2n) is 7.75. The van der Waals surface area contributed by atoms with Crippen LogP contribution in [0.15, 0.2) is 36.4 Å². The number of non-ortho nitro benzene ring substituents is 1. The molecule has 0 unspecified atom stereocenters. The molecule has 2 bridgehead atoms. The van der Waals surface area contributed by atoms with Crippen molar-refractivity contribution in [2.75, 3.05) is 5.32 Å². The fraction of sp³-hybridized carbons (Fsp3) is 0.400. The lowest BCUT2D eigenvalue weighted by Gasteiger charge is -2.43. The summed E-state index contributed by atoms with van der Waals surface area (Å²) < 4.78 is 0. The number of nitro groups is 1. The highest BCUT2D eigenvalue weighted by atomic mass is 35.5. The molecule has 1 N–H and O–H groups in total. The first-order valence-corrected chi connectivity index (χ1v) is 9.78. The highest BCUT2D eigenvalue weighted by molar-refractivity contribution is 6.35. The normalized spacial score (nSPS) is 31.2. The smallest absolute Gasteiger partial charge is 0.269 e. The summed E-state index contributed by atoms with van der Waals surface area (Å²) in [6, 6.07) is 11.0. The standard InChI is InChI=1S/C20H18Cl2N2O2/c21-12-3-5-14(16(22)8-12)20-19-11-2-1-10(7-11)18(19)15-9-13(24(25)26)4-6-17(15)23-20/h3-6,8-11,18-20,23H,1-2,7H2/t10-,11-,18-,19+,20-/m0/s1. The Labute approximate surface area is 161 Å². The van der Waals surface area contributed by atoms with Crippen LogP contribution in [-0.2, 0) is 0 Å². The summed E-state index contributed by atoms with van der Waals surface area (Å²) in [5.74, 6) is 2.03. The van der Waals surface area contributed by atoms with Gasteiger partial charge < -0.3 is 5.32 Å². The van der Waals surface area contributed by atoms with Gasteiger partial charge in [-0.2, -0.15) is 0 Å². The van der Waals surface area contributed by atoms with E-state index in [0.717, 1.165) is 16.8 Å². The van der Waals surface area contributed by atoms with Gasteiger partial charge in [-0.15, -0.1) is 0 Å². The van der Waals surface area contributed by atoms with Crippen molar-refractivity contribution in [1.29, 1.82) is 0 Å². The summed E-state index contributed by atoms with van der Waals surface area (Å²) in [7, 11) is 0. The molecule has 1 aliphatic heterocycles. The predicted octanol–water partition coefficient (Wildman–Crippen LogP) is 6.20. The van der Waals surface area contributed by atoms with Gasteiger partial charge in [0.15, 0.2) is 0 Å². The van der Waals surface area contributed by atoms with Crippen LogP contribution in [0.25, 0.3) is 0 Å². The lowest BCUT2D eigenvalue weighted by molar-refractivity contribution is -0.384. The van der Waals surface area contributed by atoms with E-state index in [2.05, 4.69) is 5.32 Å². The molecular weight excluding hydrogens is 371 g/mol. The molecule has 4 nitrogen and oxygen atoms in total. The molecule has 134 valence electrons. The van der Waals surface area contributed by atoms with Gasteiger partial charge in [0.1, 0.15) is 0 Å². The number of nitrogens with one attached hydrogen (secondary N) is 1. The molecule has 2 fully saturated rings. The maximum absolute atomic E-state index is 11.3. The third kappa shape index (κ3) is 2.35. The van der Waals surface area contributed by atoms with Gasteiger partial charge in [0.25, 0.3) is 5.69 Å². The van der Waals surface area contributed by atoms with E-state index in [9.17, 15) is 10.1 Å². The number of hydrogen-bond acceptors (Lipinski definition) is 3. The van der Waals surface area contributed by atoms with Crippen molar-refractivity contribution in [3.05, 3.63) is 67.7 Å². The molecule has 5 rings (SSSR count). The van der Waals surface area contributed by atoms with Crippen LogP contribution in [-0.4, -0.2) is 4.92 Å². The van der Waals surface area contributed by atoms with Crippen molar-refractivity contribution in [1.82, 2.24) is 0 Å². The predicted molar refractivity (Wildman–Crippen MR) is 103 cm³/mol. The summed E-state index contributed by atoms with van der Waals surface area (Å²) in [6.07, 6.45) is 3.66. The van der Waals surface area contributed by atoms with E-state index in [1.807, 2.05) is 18.2 Å². The summed E-state index contributed by atoms with van der Waals surface area (Å²) in [4.78, 5) is 11.0. The third-order valence-electron chi connectivity index (χ3n) is 6.58. The Balaban J connectivity index is 1.64. The van der Waals surface area contributed by atoms with Crippen LogP contribution in [0.1, 0.15) is 42.3 Å². The van der Waals surface area contributed by atoms with E-state index in [0.29, 0.717) is 33.7 Å². The fourth-order valence-corrected chi connectivity index (χ4v) is 6.18. The molecule has 1 heterocycles. The molecule has 6 heteroatoms. The van der Waals surface area contributed by atoms with E-state index < -0.39 is 0 Å². The molecule has 0 saturated heterocycles. The Bertz CT molecular complexity index is 917. The van der Waals surface area contributed by atoms with Crippen molar-refractivity contribution in [3.8, 4) is 0 Å². The molecule has 0 radical (unpaired) electrons. The molecule has 3 aliphatic rings.